The molecule has 0 saturated carbocycles. The summed E-state index contributed by atoms with van der Waals surface area (Å²) in [6, 6.07) is 7.98. The lowest BCUT2D eigenvalue weighted by atomic mass is 9.91. The van der Waals surface area contributed by atoms with Crippen LogP contribution in [0.15, 0.2) is 24.3 Å². The summed E-state index contributed by atoms with van der Waals surface area (Å²) in [5.41, 5.74) is 5.43. The Balaban J connectivity index is 1.67. The van der Waals surface area contributed by atoms with Crippen LogP contribution in [0.3, 0.4) is 0 Å². The highest BCUT2D eigenvalue weighted by Gasteiger charge is 2.29. The molecule has 3 heterocycles. The second-order valence-corrected chi connectivity index (χ2v) is 8.97. The minimum atomic E-state index is 0.687. The number of benzene rings is 1. The number of hydrogen-bond acceptors (Lipinski definition) is 5. The van der Waals surface area contributed by atoms with Gasteiger partial charge < -0.3 is 14.4 Å². The van der Waals surface area contributed by atoms with E-state index >= 15 is 0 Å². The summed E-state index contributed by atoms with van der Waals surface area (Å²) in [6.07, 6.45) is 4.63. The van der Waals surface area contributed by atoms with E-state index in [4.69, 9.17) is 19.6 Å². The highest BCUT2D eigenvalue weighted by molar-refractivity contribution is 5.70. The molecule has 6 nitrogen and oxygen atoms in total. The number of methoxy groups -OCH3 is 2. The van der Waals surface area contributed by atoms with E-state index in [1.54, 1.807) is 14.2 Å². The van der Waals surface area contributed by atoms with Crippen LogP contribution in [-0.4, -0.2) is 41.9 Å². The summed E-state index contributed by atoms with van der Waals surface area (Å²) < 4.78 is 13.0. The highest BCUT2D eigenvalue weighted by Crippen LogP contribution is 2.36. The number of anilines is 1. The lowest BCUT2D eigenvalue weighted by molar-refractivity contribution is 0.353. The van der Waals surface area contributed by atoms with Gasteiger partial charge in [0.25, 0.3) is 0 Å². The predicted octanol–water partition coefficient (Wildman–Crippen LogP) is 4.38. The van der Waals surface area contributed by atoms with E-state index in [-0.39, 0.29) is 0 Å². The van der Waals surface area contributed by atoms with Crippen molar-refractivity contribution in [1.82, 2.24) is 14.6 Å². The second-order valence-electron chi connectivity index (χ2n) is 8.97. The number of aryl methyl sites for hydroxylation is 1. The molecular weight excluding hydrogens is 376 g/mol. The van der Waals surface area contributed by atoms with Gasteiger partial charge in [0.05, 0.1) is 19.9 Å². The summed E-state index contributed by atoms with van der Waals surface area (Å²) >= 11 is 0. The Morgan fingerprint density at radius 1 is 0.933 bits per heavy atom. The van der Waals surface area contributed by atoms with Crippen molar-refractivity contribution in [2.75, 3.05) is 32.2 Å². The lowest BCUT2D eigenvalue weighted by Gasteiger charge is -2.37. The fraction of sp³-hybridized carbons (Fsp3) is 0.500. The maximum atomic E-state index is 5.46. The zero-order valence-electron chi connectivity index (χ0n) is 18.3. The number of hydrogen-bond donors (Lipinski definition) is 0. The largest absolute Gasteiger partial charge is 0.497 e. The smallest absolute Gasteiger partial charge is 0.158 e. The van der Waals surface area contributed by atoms with Crippen LogP contribution in [0.5, 0.6) is 11.5 Å². The molecule has 0 bridgehead atoms. The maximum Gasteiger partial charge on any atom is 0.158 e. The topological polar surface area (TPSA) is 51.9 Å². The average Bonchev–Trinajstić information content (AvgIpc) is 3.37. The van der Waals surface area contributed by atoms with Gasteiger partial charge in [-0.15, -0.1) is 0 Å². The Kier molecular flexibility index (Phi) is 4.80. The van der Waals surface area contributed by atoms with Crippen molar-refractivity contribution < 1.29 is 9.47 Å². The van der Waals surface area contributed by atoms with Gasteiger partial charge >= 0.3 is 0 Å². The fourth-order valence-electron chi connectivity index (χ4n) is 5.22. The van der Waals surface area contributed by atoms with Gasteiger partial charge in [0.1, 0.15) is 17.3 Å². The Labute approximate surface area is 177 Å². The third-order valence-corrected chi connectivity index (χ3v) is 6.41. The molecule has 158 valence electrons. The summed E-state index contributed by atoms with van der Waals surface area (Å²) in [4.78, 5) is 7.55. The molecule has 1 aliphatic heterocycles. The normalized spacial score (nSPS) is 21.1. The number of nitrogens with zero attached hydrogens (tertiary/aromatic N) is 4. The van der Waals surface area contributed by atoms with E-state index in [2.05, 4.69) is 29.3 Å². The maximum absolute atomic E-state index is 5.46. The van der Waals surface area contributed by atoms with Crippen LogP contribution in [0.2, 0.25) is 0 Å². The molecule has 0 unspecified atom stereocenters. The third kappa shape index (κ3) is 3.28. The molecule has 6 heteroatoms. The van der Waals surface area contributed by atoms with Crippen molar-refractivity contribution in [3.8, 4) is 22.8 Å². The molecule has 0 amide bonds. The number of rotatable bonds is 4. The Hall–Kier alpha value is -2.76. The minimum absolute atomic E-state index is 0.687. The Morgan fingerprint density at radius 2 is 1.63 bits per heavy atom. The van der Waals surface area contributed by atoms with Crippen molar-refractivity contribution in [3.05, 3.63) is 35.5 Å². The van der Waals surface area contributed by atoms with E-state index in [1.165, 1.54) is 29.9 Å². The first-order valence-electron chi connectivity index (χ1n) is 11.0. The molecule has 1 saturated heterocycles. The number of aromatic nitrogens is 3. The molecule has 2 aromatic heterocycles. The molecule has 0 radical (unpaired) electrons. The van der Waals surface area contributed by atoms with Gasteiger partial charge in [-0.1, -0.05) is 13.8 Å². The lowest BCUT2D eigenvalue weighted by Crippen LogP contribution is -2.40. The van der Waals surface area contributed by atoms with Gasteiger partial charge in [-0.05, 0) is 49.7 Å². The zero-order chi connectivity index (χ0) is 20.8. The van der Waals surface area contributed by atoms with Crippen molar-refractivity contribution >= 4 is 11.5 Å². The molecule has 1 fully saturated rings. The second kappa shape index (κ2) is 7.49. The van der Waals surface area contributed by atoms with Crippen LogP contribution in [0.4, 0.5) is 5.82 Å². The Morgan fingerprint density at radius 3 is 2.30 bits per heavy atom. The van der Waals surface area contributed by atoms with Crippen LogP contribution in [-0.2, 0) is 12.8 Å². The number of piperidine rings is 1. The van der Waals surface area contributed by atoms with Gasteiger partial charge in [-0.25, -0.2) is 4.98 Å². The Bertz CT molecular complexity index is 1060. The van der Waals surface area contributed by atoms with E-state index in [0.29, 0.717) is 11.8 Å². The van der Waals surface area contributed by atoms with Crippen molar-refractivity contribution in [1.29, 1.82) is 0 Å². The van der Waals surface area contributed by atoms with Crippen LogP contribution in [0.25, 0.3) is 16.9 Å². The van der Waals surface area contributed by atoms with E-state index in [1.807, 2.05) is 18.2 Å². The summed E-state index contributed by atoms with van der Waals surface area (Å²) in [5, 5.41) is 5.04. The monoisotopic (exact) mass is 406 g/mol. The third-order valence-electron chi connectivity index (χ3n) is 6.41. The minimum Gasteiger partial charge on any atom is -0.497 e. The molecule has 30 heavy (non-hydrogen) atoms. The summed E-state index contributed by atoms with van der Waals surface area (Å²) in [5.74, 6) is 4.15. The quantitative estimate of drug-likeness (QED) is 0.643. The highest BCUT2D eigenvalue weighted by atomic mass is 16.5. The summed E-state index contributed by atoms with van der Waals surface area (Å²) in [6.45, 7) is 6.88. The molecule has 5 rings (SSSR count). The van der Waals surface area contributed by atoms with Crippen molar-refractivity contribution in [2.24, 2.45) is 11.8 Å². The van der Waals surface area contributed by atoms with Crippen molar-refractivity contribution in [2.45, 2.75) is 39.5 Å². The first kappa shape index (κ1) is 19.2. The molecule has 1 aliphatic carbocycles. The van der Waals surface area contributed by atoms with Gasteiger partial charge in [0.2, 0.25) is 0 Å². The summed E-state index contributed by atoms with van der Waals surface area (Å²) in [7, 11) is 3.34. The molecule has 2 aliphatic rings. The SMILES string of the molecule is COc1cc(OC)cc(-c2cc3nc4c(c(N5C[C@H](C)C[C@@H](C)C5)n3n2)CCC4)c1. The van der Waals surface area contributed by atoms with Crippen LogP contribution < -0.4 is 14.4 Å². The molecule has 3 aromatic rings. The number of fused-ring (bicyclic) bond motifs is 2. The first-order valence-corrected chi connectivity index (χ1v) is 11.0. The predicted molar refractivity (Wildman–Crippen MR) is 119 cm³/mol. The zero-order valence-corrected chi connectivity index (χ0v) is 18.3. The van der Waals surface area contributed by atoms with E-state index in [9.17, 15) is 0 Å². The van der Waals surface area contributed by atoms with E-state index < -0.39 is 0 Å². The van der Waals surface area contributed by atoms with Gasteiger partial charge in [-0.2, -0.15) is 9.61 Å². The van der Waals surface area contributed by atoms with Gasteiger partial charge in [0, 0.05) is 42.0 Å². The fourth-order valence-corrected chi connectivity index (χ4v) is 5.22. The number of ether oxygens (including phenoxy) is 2. The average molecular weight is 407 g/mol. The van der Waals surface area contributed by atoms with Gasteiger partial charge in [-0.3, -0.25) is 0 Å². The molecular formula is C24H30N4O2. The molecule has 0 spiro atoms. The molecule has 0 N–H and O–H groups in total. The van der Waals surface area contributed by atoms with Crippen LogP contribution in [0, 0.1) is 11.8 Å². The molecule has 1 aromatic carbocycles. The first-order chi connectivity index (χ1) is 14.6. The van der Waals surface area contributed by atoms with Crippen LogP contribution >= 0.6 is 0 Å². The van der Waals surface area contributed by atoms with E-state index in [0.717, 1.165) is 54.3 Å². The van der Waals surface area contributed by atoms with Crippen molar-refractivity contribution in [3.63, 3.8) is 0 Å². The van der Waals surface area contributed by atoms with Gasteiger partial charge in [0.15, 0.2) is 5.65 Å². The molecule has 2 atom stereocenters. The standard InChI is InChI=1S/C24H30N4O2/c1-15-8-16(2)14-27(13-15)24-20-6-5-7-21(20)25-23-12-22(26-28(23)24)17-9-18(29-3)11-19(10-17)30-4/h9-12,15-16H,5-8,13-14H2,1-4H3/t15-,16-/m1/s1. The van der Waals surface area contributed by atoms with Crippen LogP contribution in [0.1, 0.15) is 37.9 Å².